The van der Waals surface area contributed by atoms with E-state index in [1.165, 1.54) is 31.4 Å². The molecule has 7 nitrogen and oxygen atoms in total. The third-order valence-electron chi connectivity index (χ3n) is 6.79. The Labute approximate surface area is 190 Å². The van der Waals surface area contributed by atoms with Gasteiger partial charge in [0.25, 0.3) is 0 Å². The zero-order valence-corrected chi connectivity index (χ0v) is 18.5. The third-order valence-corrected chi connectivity index (χ3v) is 7.64. The lowest BCUT2D eigenvalue weighted by atomic mass is 9.53. The van der Waals surface area contributed by atoms with Crippen LogP contribution in [0.1, 0.15) is 49.9 Å². The number of benzene rings is 1. The topological polar surface area (TPSA) is 99.8 Å². The maximum atomic E-state index is 13.0. The number of halogens is 1. The molecule has 168 valence electrons. The number of carbonyl (C=O) groups is 2. The summed E-state index contributed by atoms with van der Waals surface area (Å²) in [5.41, 5.74) is 0.711. The van der Waals surface area contributed by atoms with Crippen molar-refractivity contribution in [1.29, 1.82) is 0 Å². The summed E-state index contributed by atoms with van der Waals surface area (Å²) < 4.78 is 13.0. The van der Waals surface area contributed by atoms with Crippen LogP contribution in [0.25, 0.3) is 12.2 Å². The van der Waals surface area contributed by atoms with Crippen LogP contribution in [0.15, 0.2) is 29.4 Å². The Morgan fingerprint density at radius 1 is 1.09 bits per heavy atom. The number of urea groups is 1. The zero-order valence-electron chi connectivity index (χ0n) is 17.6. The van der Waals surface area contributed by atoms with Gasteiger partial charge in [-0.1, -0.05) is 30.0 Å². The summed E-state index contributed by atoms with van der Waals surface area (Å²) in [4.78, 5) is 29.0. The summed E-state index contributed by atoms with van der Waals surface area (Å²) in [7, 11) is 0. The van der Waals surface area contributed by atoms with Crippen molar-refractivity contribution in [3.8, 4) is 0 Å². The van der Waals surface area contributed by atoms with Crippen LogP contribution < -0.4 is 10.6 Å². The summed E-state index contributed by atoms with van der Waals surface area (Å²) in [5.74, 6) is 2.10. The molecule has 4 bridgehead atoms. The molecule has 1 aromatic heterocycles. The highest BCUT2D eigenvalue weighted by Gasteiger charge is 2.51. The predicted octanol–water partition coefficient (Wildman–Crippen LogP) is 4.00. The first-order chi connectivity index (χ1) is 15.4. The quantitative estimate of drug-likeness (QED) is 0.572. The lowest BCUT2D eigenvalue weighted by Gasteiger charge is -2.56. The minimum Gasteiger partial charge on any atom is -0.332 e. The molecule has 0 spiro atoms. The van der Waals surface area contributed by atoms with Gasteiger partial charge in [-0.3, -0.25) is 15.2 Å². The van der Waals surface area contributed by atoms with E-state index in [-0.39, 0.29) is 23.0 Å². The standard InChI is InChI=1S/C23H26FN5O2S/c24-18-4-1-14(2-5-18)3-6-19-25-22(29-28-19)32-13-20(30)26-21(31)27-23-10-15-7-16(11-23)9-17(8-15)12-23/h1-6,15-17H,7-13H2,(H,25,28,29)(H2,26,27,30,31)/b6-3+. The fourth-order valence-corrected chi connectivity index (χ4v) is 6.58. The lowest BCUT2D eigenvalue weighted by Crippen LogP contribution is -2.61. The molecule has 1 aromatic carbocycles. The van der Waals surface area contributed by atoms with E-state index in [2.05, 4.69) is 25.8 Å². The van der Waals surface area contributed by atoms with Crippen LogP contribution in [-0.2, 0) is 4.79 Å². The fraction of sp³-hybridized carbons (Fsp3) is 0.478. The number of hydrogen-bond donors (Lipinski definition) is 3. The molecule has 4 aliphatic rings. The van der Waals surface area contributed by atoms with Crippen molar-refractivity contribution in [2.75, 3.05) is 5.75 Å². The second kappa shape index (κ2) is 8.69. The number of nitrogens with zero attached hydrogens (tertiary/aromatic N) is 2. The molecule has 4 fully saturated rings. The van der Waals surface area contributed by atoms with Gasteiger partial charge >= 0.3 is 6.03 Å². The molecule has 0 unspecified atom stereocenters. The summed E-state index contributed by atoms with van der Waals surface area (Å²) in [6, 6.07) is 5.71. The molecular formula is C23H26FN5O2S. The highest BCUT2D eigenvalue weighted by Crippen LogP contribution is 2.55. The highest BCUT2D eigenvalue weighted by atomic mass is 32.2. The second-order valence-corrected chi connectivity index (χ2v) is 10.3. The van der Waals surface area contributed by atoms with E-state index >= 15 is 0 Å². The Morgan fingerprint density at radius 2 is 1.75 bits per heavy atom. The summed E-state index contributed by atoms with van der Waals surface area (Å²) in [5, 5.41) is 12.9. The summed E-state index contributed by atoms with van der Waals surface area (Å²) in [6.07, 6.45) is 10.5. The first-order valence-electron chi connectivity index (χ1n) is 11.1. The number of rotatable bonds is 6. The maximum Gasteiger partial charge on any atom is 0.321 e. The molecular weight excluding hydrogens is 429 g/mol. The molecule has 1 heterocycles. The molecule has 32 heavy (non-hydrogen) atoms. The van der Waals surface area contributed by atoms with E-state index in [1.54, 1.807) is 24.3 Å². The Morgan fingerprint density at radius 3 is 2.41 bits per heavy atom. The van der Waals surface area contributed by atoms with Crippen LogP contribution in [0.4, 0.5) is 9.18 Å². The molecule has 4 saturated carbocycles. The zero-order chi connectivity index (χ0) is 22.1. The number of amides is 3. The number of aromatic nitrogens is 3. The first kappa shape index (κ1) is 21.2. The Balaban J connectivity index is 1.08. The van der Waals surface area contributed by atoms with Gasteiger partial charge in [-0.05, 0) is 80.1 Å². The van der Waals surface area contributed by atoms with Crippen molar-refractivity contribution < 1.29 is 14.0 Å². The van der Waals surface area contributed by atoms with Crippen LogP contribution in [0.2, 0.25) is 0 Å². The normalized spacial score (nSPS) is 28.2. The van der Waals surface area contributed by atoms with E-state index in [4.69, 9.17) is 0 Å². The predicted molar refractivity (Wildman–Crippen MR) is 120 cm³/mol. The molecule has 3 N–H and O–H groups in total. The number of hydrogen-bond acceptors (Lipinski definition) is 5. The Hall–Kier alpha value is -2.68. The number of thioether (sulfide) groups is 1. The van der Waals surface area contributed by atoms with Crippen molar-refractivity contribution in [2.24, 2.45) is 17.8 Å². The Kier molecular flexibility index (Phi) is 5.75. The van der Waals surface area contributed by atoms with Gasteiger partial charge in [0, 0.05) is 5.54 Å². The number of imide groups is 1. The van der Waals surface area contributed by atoms with Gasteiger partial charge in [0.2, 0.25) is 11.1 Å². The SMILES string of the molecule is O=C(CSc1n[nH]c(/C=C/c2ccc(F)cc2)n1)NC(=O)NC12CC3CC(CC(C3)C1)C2. The van der Waals surface area contributed by atoms with Gasteiger partial charge in [-0.15, -0.1) is 5.10 Å². The van der Waals surface area contributed by atoms with Gasteiger partial charge in [0.15, 0.2) is 0 Å². The molecule has 9 heteroatoms. The van der Waals surface area contributed by atoms with Crippen molar-refractivity contribution >= 4 is 35.9 Å². The summed E-state index contributed by atoms with van der Waals surface area (Å²) in [6.45, 7) is 0. The third kappa shape index (κ3) is 4.87. The number of carbonyl (C=O) groups excluding carboxylic acids is 2. The van der Waals surface area contributed by atoms with Gasteiger partial charge in [0.05, 0.1) is 5.75 Å². The van der Waals surface area contributed by atoms with Crippen LogP contribution >= 0.6 is 11.8 Å². The smallest absolute Gasteiger partial charge is 0.321 e. The lowest BCUT2D eigenvalue weighted by molar-refractivity contribution is -0.117. The molecule has 0 saturated heterocycles. The molecule has 3 amide bonds. The summed E-state index contributed by atoms with van der Waals surface area (Å²) >= 11 is 1.16. The largest absolute Gasteiger partial charge is 0.332 e. The van der Waals surface area contributed by atoms with Gasteiger partial charge in [-0.2, -0.15) is 0 Å². The maximum absolute atomic E-state index is 13.0. The van der Waals surface area contributed by atoms with E-state index in [9.17, 15) is 14.0 Å². The molecule has 4 aliphatic carbocycles. The minimum atomic E-state index is -0.393. The monoisotopic (exact) mass is 455 g/mol. The van der Waals surface area contributed by atoms with Crippen molar-refractivity contribution in [3.05, 3.63) is 41.5 Å². The van der Waals surface area contributed by atoms with Crippen molar-refractivity contribution in [3.63, 3.8) is 0 Å². The van der Waals surface area contributed by atoms with E-state index < -0.39 is 6.03 Å². The van der Waals surface area contributed by atoms with Crippen LogP contribution in [-0.4, -0.2) is 38.4 Å². The molecule has 0 atom stereocenters. The number of aromatic amines is 1. The van der Waals surface area contributed by atoms with Gasteiger partial charge < -0.3 is 5.32 Å². The highest BCUT2D eigenvalue weighted by molar-refractivity contribution is 7.99. The Bertz CT molecular complexity index is 1000. The molecule has 0 aliphatic heterocycles. The van der Waals surface area contributed by atoms with Crippen LogP contribution in [0.3, 0.4) is 0 Å². The minimum absolute atomic E-state index is 0.0489. The van der Waals surface area contributed by atoms with Gasteiger partial charge in [0.1, 0.15) is 11.6 Å². The average molecular weight is 456 g/mol. The van der Waals surface area contributed by atoms with E-state index in [0.29, 0.717) is 11.0 Å². The molecule has 6 rings (SSSR count). The average Bonchev–Trinajstić information content (AvgIpc) is 3.18. The molecule has 0 radical (unpaired) electrons. The second-order valence-electron chi connectivity index (χ2n) is 9.38. The van der Waals surface area contributed by atoms with E-state index in [0.717, 1.165) is 54.3 Å². The number of H-pyrrole nitrogens is 1. The van der Waals surface area contributed by atoms with Crippen LogP contribution in [0.5, 0.6) is 0 Å². The fourth-order valence-electron chi connectivity index (χ4n) is 5.97. The first-order valence-corrected chi connectivity index (χ1v) is 12.0. The van der Waals surface area contributed by atoms with Crippen molar-refractivity contribution in [1.82, 2.24) is 25.8 Å². The molecule has 2 aromatic rings. The van der Waals surface area contributed by atoms with Crippen LogP contribution in [0, 0.1) is 23.6 Å². The van der Waals surface area contributed by atoms with Gasteiger partial charge in [-0.25, -0.2) is 14.2 Å². The van der Waals surface area contributed by atoms with Crippen molar-refractivity contribution in [2.45, 2.75) is 49.2 Å². The number of nitrogens with one attached hydrogen (secondary N) is 3. The van der Waals surface area contributed by atoms with E-state index in [1.807, 2.05) is 0 Å².